The van der Waals surface area contributed by atoms with E-state index in [0.29, 0.717) is 5.13 Å². The lowest BCUT2D eigenvalue weighted by atomic mass is 10.1. The predicted octanol–water partition coefficient (Wildman–Crippen LogP) is 3.87. The van der Waals surface area contributed by atoms with Crippen LogP contribution in [0.3, 0.4) is 0 Å². The van der Waals surface area contributed by atoms with E-state index in [0.717, 1.165) is 21.0 Å². The van der Waals surface area contributed by atoms with Crippen molar-refractivity contribution in [3.63, 3.8) is 0 Å². The maximum Gasteiger partial charge on any atom is 0.347 e. The highest BCUT2D eigenvalue weighted by Crippen LogP contribution is 2.31. The van der Waals surface area contributed by atoms with Gasteiger partial charge in [-0.25, -0.2) is 14.6 Å². The maximum atomic E-state index is 12.0. The van der Waals surface area contributed by atoms with Gasteiger partial charge in [0.25, 0.3) is 0 Å². The predicted molar refractivity (Wildman–Crippen MR) is 102 cm³/mol. The number of anilines is 1. The number of esters is 2. The van der Waals surface area contributed by atoms with Gasteiger partial charge in [0, 0.05) is 11.6 Å². The Balaban J connectivity index is 1.92. The van der Waals surface area contributed by atoms with Crippen LogP contribution >= 0.6 is 11.3 Å². The standard InChI is InChI=1S/C19H18N2O4S/c1-3-24-17(22)14(18(23)25-4-2)11-20-19-21-16-13-8-6-5-7-12(13)9-10-15(16)26-19/h5-11H,3-4H2,1-2H3,(H,20,21). The van der Waals surface area contributed by atoms with Crippen molar-refractivity contribution in [1.29, 1.82) is 0 Å². The van der Waals surface area contributed by atoms with Crippen LogP contribution in [0.4, 0.5) is 5.13 Å². The summed E-state index contributed by atoms with van der Waals surface area (Å²) in [5, 5.41) is 5.65. The number of aromatic nitrogens is 1. The minimum atomic E-state index is -0.731. The molecule has 0 spiro atoms. The van der Waals surface area contributed by atoms with E-state index in [2.05, 4.69) is 10.3 Å². The highest BCUT2D eigenvalue weighted by Gasteiger charge is 2.21. The molecule has 0 saturated heterocycles. The van der Waals surface area contributed by atoms with E-state index in [1.807, 2.05) is 36.4 Å². The molecule has 26 heavy (non-hydrogen) atoms. The topological polar surface area (TPSA) is 77.5 Å². The van der Waals surface area contributed by atoms with Crippen molar-refractivity contribution in [2.45, 2.75) is 13.8 Å². The van der Waals surface area contributed by atoms with Crippen molar-refractivity contribution in [2.24, 2.45) is 0 Å². The molecule has 134 valence electrons. The van der Waals surface area contributed by atoms with Crippen LogP contribution in [0.5, 0.6) is 0 Å². The minimum Gasteiger partial charge on any atom is -0.462 e. The van der Waals surface area contributed by atoms with Gasteiger partial charge < -0.3 is 14.8 Å². The SMILES string of the molecule is CCOC(=O)C(=CNc1nc2c(ccc3ccccc32)s1)C(=O)OCC. The molecule has 0 amide bonds. The van der Waals surface area contributed by atoms with Crippen molar-refractivity contribution in [2.75, 3.05) is 18.5 Å². The van der Waals surface area contributed by atoms with E-state index >= 15 is 0 Å². The third-order valence-electron chi connectivity index (χ3n) is 3.61. The molecular formula is C19H18N2O4S. The number of rotatable bonds is 6. The molecule has 1 aromatic heterocycles. The monoisotopic (exact) mass is 370 g/mol. The van der Waals surface area contributed by atoms with Crippen LogP contribution in [0, 0.1) is 0 Å². The number of nitrogens with one attached hydrogen (secondary N) is 1. The highest BCUT2D eigenvalue weighted by molar-refractivity contribution is 7.22. The fourth-order valence-corrected chi connectivity index (χ4v) is 3.33. The molecular weight excluding hydrogens is 352 g/mol. The number of ether oxygens (including phenoxy) is 2. The van der Waals surface area contributed by atoms with Crippen LogP contribution in [0.2, 0.25) is 0 Å². The third kappa shape index (κ3) is 3.67. The van der Waals surface area contributed by atoms with Gasteiger partial charge in [0.15, 0.2) is 10.7 Å². The Morgan fingerprint density at radius 3 is 2.46 bits per heavy atom. The van der Waals surface area contributed by atoms with Gasteiger partial charge in [-0.3, -0.25) is 0 Å². The van der Waals surface area contributed by atoms with Crippen molar-refractivity contribution < 1.29 is 19.1 Å². The summed E-state index contributed by atoms with van der Waals surface area (Å²) < 4.78 is 10.8. The second-order valence-corrected chi connectivity index (χ2v) is 6.33. The molecule has 0 fully saturated rings. The summed E-state index contributed by atoms with van der Waals surface area (Å²) in [6.07, 6.45) is 1.29. The van der Waals surface area contributed by atoms with Gasteiger partial charge in [0.2, 0.25) is 0 Å². The molecule has 0 aliphatic carbocycles. The van der Waals surface area contributed by atoms with Crippen LogP contribution in [0.25, 0.3) is 21.0 Å². The van der Waals surface area contributed by atoms with Gasteiger partial charge in [-0.05, 0) is 25.3 Å². The molecule has 0 aliphatic heterocycles. The van der Waals surface area contributed by atoms with Gasteiger partial charge in [-0.2, -0.15) is 0 Å². The zero-order chi connectivity index (χ0) is 18.5. The fourth-order valence-electron chi connectivity index (χ4n) is 2.48. The first kappa shape index (κ1) is 17.9. The molecule has 6 nitrogen and oxygen atoms in total. The number of benzene rings is 2. The Hall–Kier alpha value is -2.93. The number of fused-ring (bicyclic) bond motifs is 3. The number of hydrogen-bond donors (Lipinski definition) is 1. The van der Waals surface area contributed by atoms with E-state index < -0.39 is 11.9 Å². The van der Waals surface area contributed by atoms with Gasteiger partial charge in [0.1, 0.15) is 0 Å². The molecule has 0 radical (unpaired) electrons. The molecule has 0 bridgehead atoms. The number of hydrogen-bond acceptors (Lipinski definition) is 7. The lowest BCUT2D eigenvalue weighted by Gasteiger charge is -2.06. The van der Waals surface area contributed by atoms with Crippen molar-refractivity contribution in [3.8, 4) is 0 Å². The van der Waals surface area contributed by atoms with E-state index in [1.54, 1.807) is 13.8 Å². The number of thiazole rings is 1. The molecule has 3 rings (SSSR count). The normalized spacial score (nSPS) is 10.5. The van der Waals surface area contributed by atoms with Gasteiger partial charge in [-0.15, -0.1) is 0 Å². The first-order valence-corrected chi connectivity index (χ1v) is 9.05. The summed E-state index contributed by atoms with van der Waals surface area (Å²) in [6.45, 7) is 3.69. The maximum absolute atomic E-state index is 12.0. The largest absolute Gasteiger partial charge is 0.462 e. The molecule has 3 aromatic rings. The fraction of sp³-hybridized carbons (Fsp3) is 0.211. The average molecular weight is 370 g/mol. The van der Waals surface area contributed by atoms with Crippen LogP contribution < -0.4 is 5.32 Å². The Morgan fingerprint density at radius 1 is 1.08 bits per heavy atom. The van der Waals surface area contributed by atoms with Gasteiger partial charge in [-0.1, -0.05) is 41.7 Å². The minimum absolute atomic E-state index is 0.169. The van der Waals surface area contributed by atoms with Gasteiger partial charge in [0.05, 0.1) is 23.4 Å². The van der Waals surface area contributed by atoms with Gasteiger partial charge >= 0.3 is 11.9 Å². The summed E-state index contributed by atoms with van der Waals surface area (Å²) in [7, 11) is 0. The first-order valence-electron chi connectivity index (χ1n) is 8.23. The summed E-state index contributed by atoms with van der Waals surface area (Å²) in [6, 6.07) is 12.0. The highest BCUT2D eigenvalue weighted by atomic mass is 32.1. The third-order valence-corrected chi connectivity index (χ3v) is 4.57. The number of carbonyl (C=O) groups is 2. The number of nitrogens with zero attached hydrogens (tertiary/aromatic N) is 1. The Labute approximate surface area is 154 Å². The summed E-state index contributed by atoms with van der Waals surface area (Å²) in [5.41, 5.74) is 0.677. The lowest BCUT2D eigenvalue weighted by molar-refractivity contribution is -0.146. The van der Waals surface area contributed by atoms with E-state index in [4.69, 9.17) is 9.47 Å². The smallest absolute Gasteiger partial charge is 0.347 e. The molecule has 0 unspecified atom stereocenters. The quantitative estimate of drug-likeness (QED) is 0.307. The molecule has 7 heteroatoms. The molecule has 0 saturated carbocycles. The molecule has 0 atom stereocenters. The van der Waals surface area contributed by atoms with Crippen LogP contribution in [0.15, 0.2) is 48.2 Å². The molecule has 0 aliphatic rings. The van der Waals surface area contributed by atoms with Crippen molar-refractivity contribution in [1.82, 2.24) is 4.98 Å². The number of carbonyl (C=O) groups excluding carboxylic acids is 2. The summed E-state index contributed by atoms with van der Waals surface area (Å²) in [4.78, 5) is 28.5. The van der Waals surface area contributed by atoms with Crippen LogP contribution in [-0.2, 0) is 19.1 Å². The molecule has 2 aromatic carbocycles. The second-order valence-electron chi connectivity index (χ2n) is 5.30. The first-order chi connectivity index (χ1) is 12.6. The zero-order valence-electron chi connectivity index (χ0n) is 14.4. The van der Waals surface area contributed by atoms with Crippen LogP contribution in [0.1, 0.15) is 13.8 Å². The summed E-state index contributed by atoms with van der Waals surface area (Å²) >= 11 is 1.43. The Bertz CT molecular complexity index is 974. The van der Waals surface area contributed by atoms with E-state index in [-0.39, 0.29) is 18.8 Å². The average Bonchev–Trinajstić information content (AvgIpc) is 3.06. The molecule has 1 heterocycles. The van der Waals surface area contributed by atoms with E-state index in [1.165, 1.54) is 17.5 Å². The zero-order valence-corrected chi connectivity index (χ0v) is 15.3. The Morgan fingerprint density at radius 2 is 1.77 bits per heavy atom. The van der Waals surface area contributed by atoms with Crippen LogP contribution in [-0.4, -0.2) is 30.1 Å². The van der Waals surface area contributed by atoms with E-state index in [9.17, 15) is 9.59 Å². The summed E-state index contributed by atoms with van der Waals surface area (Å²) in [5.74, 6) is -1.46. The molecule has 1 N–H and O–H groups in total. The Kier molecular flexibility index (Phi) is 5.48. The lowest BCUT2D eigenvalue weighted by Crippen LogP contribution is -2.19. The van der Waals surface area contributed by atoms with Crippen molar-refractivity contribution in [3.05, 3.63) is 48.2 Å². The second kappa shape index (κ2) is 7.97. The van der Waals surface area contributed by atoms with Crippen molar-refractivity contribution >= 4 is 49.4 Å².